The number of carbonyl (C=O) groups excluding carboxylic acids is 2. The van der Waals surface area contributed by atoms with Gasteiger partial charge in [-0.05, 0) is 43.5 Å². The monoisotopic (exact) mass is 396 g/mol. The van der Waals surface area contributed by atoms with E-state index in [0.717, 1.165) is 32.4 Å². The van der Waals surface area contributed by atoms with E-state index in [1.807, 2.05) is 15.9 Å². The number of piperazine rings is 1. The second-order valence-electron chi connectivity index (χ2n) is 7.51. The number of hydrogen-bond acceptors (Lipinski definition) is 4. The van der Waals surface area contributed by atoms with Crippen molar-refractivity contribution in [2.45, 2.75) is 19.3 Å². The fourth-order valence-corrected chi connectivity index (χ4v) is 3.98. The van der Waals surface area contributed by atoms with Gasteiger partial charge in [-0.2, -0.15) is 0 Å². The van der Waals surface area contributed by atoms with E-state index in [1.54, 1.807) is 29.2 Å². The highest BCUT2D eigenvalue weighted by Crippen LogP contribution is 2.21. The van der Waals surface area contributed by atoms with E-state index in [4.69, 9.17) is 0 Å². The molecule has 152 valence electrons. The van der Waals surface area contributed by atoms with E-state index < -0.39 is 0 Å². The summed E-state index contributed by atoms with van der Waals surface area (Å²) in [5.74, 6) is -0.477. The molecule has 4 rings (SSSR count). The first-order valence-electron chi connectivity index (χ1n) is 10.2. The first-order chi connectivity index (χ1) is 14.1. The lowest BCUT2D eigenvalue weighted by Gasteiger charge is -2.36. The molecule has 1 aromatic carbocycles. The second kappa shape index (κ2) is 8.59. The van der Waals surface area contributed by atoms with Crippen molar-refractivity contribution < 1.29 is 14.0 Å². The molecule has 0 N–H and O–H groups in total. The summed E-state index contributed by atoms with van der Waals surface area (Å²) >= 11 is 0. The van der Waals surface area contributed by atoms with Crippen LogP contribution >= 0.6 is 0 Å². The lowest BCUT2D eigenvalue weighted by molar-refractivity contribution is 0.0724. The Morgan fingerprint density at radius 3 is 2.24 bits per heavy atom. The molecule has 2 aliphatic heterocycles. The van der Waals surface area contributed by atoms with Gasteiger partial charge in [-0.1, -0.05) is 12.1 Å². The minimum Gasteiger partial charge on any atom is -0.366 e. The largest absolute Gasteiger partial charge is 0.366 e. The average molecular weight is 396 g/mol. The van der Waals surface area contributed by atoms with E-state index in [9.17, 15) is 14.0 Å². The van der Waals surface area contributed by atoms with E-state index in [2.05, 4.69) is 4.98 Å². The van der Waals surface area contributed by atoms with Crippen molar-refractivity contribution in [3.8, 4) is 0 Å². The molecule has 3 heterocycles. The maximum Gasteiger partial charge on any atom is 0.272 e. The molecule has 2 amide bonds. The molecule has 0 unspecified atom stereocenters. The third-order valence-corrected chi connectivity index (χ3v) is 5.63. The summed E-state index contributed by atoms with van der Waals surface area (Å²) in [4.78, 5) is 35.3. The van der Waals surface area contributed by atoms with Crippen molar-refractivity contribution in [1.82, 2.24) is 14.8 Å². The normalized spacial score (nSPS) is 17.3. The van der Waals surface area contributed by atoms with Gasteiger partial charge in [0.1, 0.15) is 11.5 Å². The van der Waals surface area contributed by atoms with Crippen LogP contribution in [0.4, 0.5) is 10.1 Å². The number of halogens is 1. The number of para-hydroxylation sites is 1. The van der Waals surface area contributed by atoms with E-state index in [0.29, 0.717) is 37.4 Å². The van der Waals surface area contributed by atoms with Crippen LogP contribution in [0, 0.1) is 5.82 Å². The zero-order valence-electron chi connectivity index (χ0n) is 16.4. The molecule has 0 radical (unpaired) electrons. The lowest BCUT2D eigenvalue weighted by Crippen LogP contribution is -2.49. The van der Waals surface area contributed by atoms with Crippen molar-refractivity contribution in [2.75, 3.05) is 44.2 Å². The molecule has 0 atom stereocenters. The van der Waals surface area contributed by atoms with Gasteiger partial charge in [0.25, 0.3) is 11.8 Å². The van der Waals surface area contributed by atoms with Crippen molar-refractivity contribution >= 4 is 17.5 Å². The number of benzene rings is 1. The summed E-state index contributed by atoms with van der Waals surface area (Å²) in [7, 11) is 0. The van der Waals surface area contributed by atoms with Gasteiger partial charge < -0.3 is 14.7 Å². The summed E-state index contributed by atoms with van der Waals surface area (Å²) in [6.07, 6.45) is 4.73. The summed E-state index contributed by atoms with van der Waals surface area (Å²) in [5, 5.41) is 0. The third-order valence-electron chi connectivity index (χ3n) is 5.63. The van der Waals surface area contributed by atoms with Crippen molar-refractivity contribution in [3.63, 3.8) is 0 Å². The molecule has 29 heavy (non-hydrogen) atoms. The van der Waals surface area contributed by atoms with Crippen LogP contribution in [0.2, 0.25) is 0 Å². The first-order valence-corrected chi connectivity index (χ1v) is 10.2. The molecule has 6 nitrogen and oxygen atoms in total. The highest BCUT2D eigenvalue weighted by atomic mass is 19.1. The summed E-state index contributed by atoms with van der Waals surface area (Å²) in [6.45, 7) is 3.61. The van der Waals surface area contributed by atoms with Crippen molar-refractivity contribution in [3.05, 3.63) is 59.7 Å². The van der Waals surface area contributed by atoms with Crippen LogP contribution < -0.4 is 4.90 Å². The van der Waals surface area contributed by atoms with Crippen LogP contribution in [0.25, 0.3) is 0 Å². The summed E-state index contributed by atoms with van der Waals surface area (Å²) in [5.41, 5.74) is 1.36. The van der Waals surface area contributed by atoms with Crippen LogP contribution in [-0.2, 0) is 0 Å². The number of pyridine rings is 1. The quantitative estimate of drug-likeness (QED) is 0.801. The minimum atomic E-state index is -0.252. The SMILES string of the molecule is O=C(c1ccnc(C(=O)N2CCN(c3ccccc3F)CC2)c1)N1CCCCC1. The smallest absolute Gasteiger partial charge is 0.272 e. The van der Waals surface area contributed by atoms with Gasteiger partial charge in [0.05, 0.1) is 5.69 Å². The Kier molecular flexibility index (Phi) is 5.74. The molecular formula is C22H25FN4O2. The molecule has 2 fully saturated rings. The van der Waals surface area contributed by atoms with Crippen LogP contribution in [0.1, 0.15) is 40.1 Å². The van der Waals surface area contributed by atoms with Crippen molar-refractivity contribution in [2.24, 2.45) is 0 Å². The lowest BCUT2D eigenvalue weighted by atomic mass is 10.1. The van der Waals surface area contributed by atoms with Gasteiger partial charge in [0, 0.05) is 51.0 Å². The van der Waals surface area contributed by atoms with Gasteiger partial charge in [0.2, 0.25) is 0 Å². The topological polar surface area (TPSA) is 56.8 Å². The minimum absolute atomic E-state index is 0.0366. The second-order valence-corrected chi connectivity index (χ2v) is 7.51. The van der Waals surface area contributed by atoms with E-state index in [-0.39, 0.29) is 23.3 Å². The standard InChI is InChI=1S/C22H25FN4O2/c23-18-6-2-3-7-20(18)25-12-14-27(15-13-25)22(29)19-16-17(8-9-24-19)21(28)26-10-4-1-5-11-26/h2-3,6-9,16H,1,4-5,10-15H2. The van der Waals surface area contributed by atoms with E-state index >= 15 is 0 Å². The van der Waals surface area contributed by atoms with Gasteiger partial charge in [-0.15, -0.1) is 0 Å². The Morgan fingerprint density at radius 2 is 1.52 bits per heavy atom. The number of rotatable bonds is 3. The zero-order chi connectivity index (χ0) is 20.2. The molecular weight excluding hydrogens is 371 g/mol. The number of hydrogen-bond donors (Lipinski definition) is 0. The Hall–Kier alpha value is -2.96. The van der Waals surface area contributed by atoms with Crippen molar-refractivity contribution in [1.29, 1.82) is 0 Å². The number of amides is 2. The van der Waals surface area contributed by atoms with Crippen LogP contribution in [0.5, 0.6) is 0 Å². The number of anilines is 1. The summed E-state index contributed by atoms with van der Waals surface area (Å²) < 4.78 is 14.0. The number of nitrogens with zero attached hydrogens (tertiary/aromatic N) is 4. The Morgan fingerprint density at radius 1 is 0.828 bits per heavy atom. The predicted molar refractivity (Wildman–Crippen MR) is 109 cm³/mol. The van der Waals surface area contributed by atoms with Gasteiger partial charge in [0.15, 0.2) is 0 Å². The zero-order valence-corrected chi connectivity index (χ0v) is 16.4. The molecule has 7 heteroatoms. The molecule has 2 aromatic rings. The van der Waals surface area contributed by atoms with Crippen LogP contribution in [-0.4, -0.2) is 65.9 Å². The van der Waals surface area contributed by atoms with Crippen LogP contribution in [0.3, 0.4) is 0 Å². The maximum atomic E-state index is 14.0. The highest BCUT2D eigenvalue weighted by molar-refractivity contribution is 5.98. The first kappa shape index (κ1) is 19.4. The van der Waals surface area contributed by atoms with E-state index in [1.165, 1.54) is 12.3 Å². The molecule has 0 aliphatic carbocycles. The fourth-order valence-electron chi connectivity index (χ4n) is 3.98. The average Bonchev–Trinajstić information content (AvgIpc) is 2.79. The molecule has 2 saturated heterocycles. The number of likely N-dealkylation sites (tertiary alicyclic amines) is 1. The van der Waals surface area contributed by atoms with Gasteiger partial charge >= 0.3 is 0 Å². The number of piperidine rings is 1. The molecule has 1 aromatic heterocycles. The third kappa shape index (κ3) is 4.23. The van der Waals surface area contributed by atoms with Gasteiger partial charge in [-0.3, -0.25) is 14.6 Å². The van der Waals surface area contributed by atoms with Crippen LogP contribution in [0.15, 0.2) is 42.6 Å². The summed E-state index contributed by atoms with van der Waals surface area (Å²) in [6, 6.07) is 9.95. The molecule has 2 aliphatic rings. The maximum absolute atomic E-state index is 14.0. The number of aromatic nitrogens is 1. The highest BCUT2D eigenvalue weighted by Gasteiger charge is 2.25. The predicted octanol–water partition coefficient (Wildman–Crippen LogP) is 2.81. The molecule has 0 bridgehead atoms. The molecule has 0 spiro atoms. The number of carbonyl (C=O) groups is 2. The Bertz CT molecular complexity index is 890. The Balaban J connectivity index is 1.41. The molecule has 0 saturated carbocycles. The Labute approximate surface area is 169 Å². The fraction of sp³-hybridized carbons (Fsp3) is 0.409. The van der Waals surface area contributed by atoms with Gasteiger partial charge in [-0.25, -0.2) is 4.39 Å².